The van der Waals surface area contributed by atoms with Gasteiger partial charge in [-0.05, 0) is 66.1 Å². The Morgan fingerprint density at radius 3 is 2.38 bits per heavy atom. The number of amides is 3. The number of anilines is 2. The highest BCUT2D eigenvalue weighted by atomic mass is 35.5. The molecule has 0 radical (unpaired) electrons. The predicted octanol–water partition coefficient (Wildman–Crippen LogP) is 6.24. The lowest BCUT2D eigenvalue weighted by molar-refractivity contribution is -0.114. The van der Waals surface area contributed by atoms with E-state index in [-0.39, 0.29) is 27.9 Å². The minimum Gasteiger partial charge on any atom is -0.478 e. The number of thioether (sulfide) groups is 1. The van der Waals surface area contributed by atoms with Crippen LogP contribution in [0.5, 0.6) is 0 Å². The van der Waals surface area contributed by atoms with E-state index in [1.165, 1.54) is 41.3 Å². The van der Waals surface area contributed by atoms with Crippen LogP contribution in [0.1, 0.15) is 25.6 Å². The summed E-state index contributed by atoms with van der Waals surface area (Å²) in [7, 11) is 0. The number of carbonyl (C=O) groups excluding carboxylic acids is 3. The molecule has 0 bridgehead atoms. The van der Waals surface area contributed by atoms with Gasteiger partial charge in [0.15, 0.2) is 0 Å². The van der Waals surface area contributed by atoms with Crippen molar-refractivity contribution in [1.82, 2.24) is 5.32 Å². The normalized spacial score (nSPS) is 11.0. The van der Waals surface area contributed by atoms with Crippen molar-refractivity contribution < 1.29 is 24.3 Å². The molecule has 4 N–H and O–H groups in total. The molecular formula is C29H22ClN3O5S2. The van der Waals surface area contributed by atoms with Crippen molar-refractivity contribution in [2.75, 3.05) is 16.4 Å². The van der Waals surface area contributed by atoms with Crippen LogP contribution in [0.25, 0.3) is 6.08 Å². The fraction of sp³-hybridized carbons (Fsp3) is 0.0345. The van der Waals surface area contributed by atoms with Crippen LogP contribution in [0.15, 0.2) is 101 Å². The molecule has 4 rings (SSSR count). The number of thiophene rings is 1. The Kier molecular flexibility index (Phi) is 9.74. The smallest absolute Gasteiger partial charge is 0.337 e. The number of hydrogen-bond donors (Lipinski definition) is 4. The van der Waals surface area contributed by atoms with Gasteiger partial charge in [0.25, 0.3) is 11.8 Å². The van der Waals surface area contributed by atoms with E-state index < -0.39 is 17.8 Å². The van der Waals surface area contributed by atoms with Crippen molar-refractivity contribution in [3.63, 3.8) is 0 Å². The van der Waals surface area contributed by atoms with Crippen molar-refractivity contribution in [1.29, 1.82) is 0 Å². The Labute approximate surface area is 243 Å². The zero-order valence-corrected chi connectivity index (χ0v) is 23.1. The topological polar surface area (TPSA) is 125 Å². The quantitative estimate of drug-likeness (QED) is 0.128. The predicted molar refractivity (Wildman–Crippen MR) is 159 cm³/mol. The van der Waals surface area contributed by atoms with E-state index >= 15 is 0 Å². The standard InChI is InChI=1S/C29H22ClN3O5S2/c30-24-12-11-20(15-23(24)29(37)38)31-26(34)17-40-21-9-4-8-19(14-21)32-28(36)25(16-22-10-5-13-39-22)33-27(35)18-6-2-1-3-7-18/h1-16H,17H2,(H,31,34)(H,32,36)(H,33,35)(H,37,38)/b25-16-. The van der Waals surface area contributed by atoms with Gasteiger partial charge in [0.1, 0.15) is 5.70 Å². The van der Waals surface area contributed by atoms with E-state index in [0.29, 0.717) is 21.8 Å². The second-order valence-corrected chi connectivity index (χ2v) is 10.6. The number of carbonyl (C=O) groups is 4. The third kappa shape index (κ3) is 8.06. The van der Waals surface area contributed by atoms with Gasteiger partial charge in [-0.3, -0.25) is 14.4 Å². The highest BCUT2D eigenvalue weighted by molar-refractivity contribution is 8.00. The second-order valence-electron chi connectivity index (χ2n) is 8.21. The van der Waals surface area contributed by atoms with Crippen LogP contribution in [-0.4, -0.2) is 34.6 Å². The second kappa shape index (κ2) is 13.6. The molecule has 0 saturated carbocycles. The number of hydrogen-bond acceptors (Lipinski definition) is 6. The molecule has 0 atom stereocenters. The first-order valence-corrected chi connectivity index (χ1v) is 14.0. The molecule has 11 heteroatoms. The monoisotopic (exact) mass is 591 g/mol. The molecule has 3 aromatic carbocycles. The van der Waals surface area contributed by atoms with E-state index in [1.54, 1.807) is 60.7 Å². The van der Waals surface area contributed by atoms with Crippen LogP contribution in [0.2, 0.25) is 5.02 Å². The average Bonchev–Trinajstić information content (AvgIpc) is 3.46. The maximum absolute atomic E-state index is 13.2. The van der Waals surface area contributed by atoms with Crippen molar-refractivity contribution >= 4 is 75.8 Å². The van der Waals surface area contributed by atoms with Crippen molar-refractivity contribution in [3.8, 4) is 0 Å². The summed E-state index contributed by atoms with van der Waals surface area (Å²) in [6.07, 6.45) is 1.61. The molecule has 1 heterocycles. The first-order chi connectivity index (χ1) is 19.3. The van der Waals surface area contributed by atoms with Crippen molar-refractivity contribution in [2.45, 2.75) is 4.90 Å². The molecule has 4 aromatic rings. The first kappa shape index (κ1) is 28.6. The lowest BCUT2D eigenvalue weighted by atomic mass is 10.2. The molecule has 3 amide bonds. The van der Waals surface area contributed by atoms with Gasteiger partial charge in [-0.1, -0.05) is 41.9 Å². The Hall–Kier alpha value is -4.38. The van der Waals surface area contributed by atoms with Crippen LogP contribution in [0, 0.1) is 0 Å². The highest BCUT2D eigenvalue weighted by Crippen LogP contribution is 2.24. The number of carboxylic acids is 1. The Morgan fingerprint density at radius 2 is 1.65 bits per heavy atom. The molecule has 0 aliphatic carbocycles. The Morgan fingerprint density at radius 1 is 0.875 bits per heavy atom. The van der Waals surface area contributed by atoms with Gasteiger partial charge >= 0.3 is 5.97 Å². The van der Waals surface area contributed by atoms with Crippen molar-refractivity contribution in [2.24, 2.45) is 0 Å². The molecule has 0 aliphatic heterocycles. The largest absolute Gasteiger partial charge is 0.478 e. The summed E-state index contributed by atoms with van der Waals surface area (Å²) < 4.78 is 0. The number of halogens is 1. The summed E-state index contributed by atoms with van der Waals surface area (Å²) in [5.74, 6) is -2.41. The van der Waals surface area contributed by atoms with E-state index in [2.05, 4.69) is 16.0 Å². The lowest BCUT2D eigenvalue weighted by Gasteiger charge is -2.12. The van der Waals surface area contributed by atoms with Gasteiger partial charge in [-0.2, -0.15) is 0 Å². The number of aromatic carboxylic acids is 1. The highest BCUT2D eigenvalue weighted by Gasteiger charge is 2.16. The maximum Gasteiger partial charge on any atom is 0.337 e. The van der Waals surface area contributed by atoms with Crippen LogP contribution < -0.4 is 16.0 Å². The van der Waals surface area contributed by atoms with Crippen LogP contribution in [0.3, 0.4) is 0 Å². The van der Waals surface area contributed by atoms with E-state index in [4.69, 9.17) is 11.6 Å². The fourth-order valence-electron chi connectivity index (χ4n) is 3.43. The van der Waals surface area contributed by atoms with Gasteiger partial charge in [0, 0.05) is 26.7 Å². The molecule has 202 valence electrons. The molecule has 0 saturated heterocycles. The first-order valence-electron chi connectivity index (χ1n) is 11.8. The SMILES string of the molecule is O=C(CSc1cccc(NC(=O)/C(=C/c2cccs2)NC(=O)c2ccccc2)c1)Nc1ccc(Cl)c(C(=O)O)c1. The number of carboxylic acid groups (broad SMARTS) is 1. The molecule has 1 aromatic heterocycles. The van der Waals surface area contributed by atoms with Gasteiger partial charge in [-0.25, -0.2) is 4.79 Å². The van der Waals surface area contributed by atoms with E-state index in [0.717, 1.165) is 4.88 Å². The summed E-state index contributed by atoms with van der Waals surface area (Å²) in [6, 6.07) is 23.4. The van der Waals surface area contributed by atoms with Gasteiger partial charge in [-0.15, -0.1) is 23.1 Å². The fourth-order valence-corrected chi connectivity index (χ4v) is 5.04. The summed E-state index contributed by atoms with van der Waals surface area (Å²) in [5.41, 5.74) is 1.18. The molecule has 40 heavy (non-hydrogen) atoms. The minimum atomic E-state index is -1.19. The Balaban J connectivity index is 1.40. The Bertz CT molecular complexity index is 1570. The van der Waals surface area contributed by atoms with Gasteiger partial charge < -0.3 is 21.1 Å². The van der Waals surface area contributed by atoms with Gasteiger partial charge in [0.05, 0.1) is 16.3 Å². The minimum absolute atomic E-state index is 0.0408. The molecule has 0 unspecified atom stereocenters. The summed E-state index contributed by atoms with van der Waals surface area (Å²) in [4.78, 5) is 51.1. The summed E-state index contributed by atoms with van der Waals surface area (Å²) in [5, 5.41) is 19.3. The van der Waals surface area contributed by atoms with E-state index in [1.807, 2.05) is 17.5 Å². The maximum atomic E-state index is 13.2. The summed E-state index contributed by atoms with van der Waals surface area (Å²) >= 11 is 8.54. The average molecular weight is 592 g/mol. The van der Waals surface area contributed by atoms with E-state index in [9.17, 15) is 24.3 Å². The number of benzene rings is 3. The summed E-state index contributed by atoms with van der Waals surface area (Å²) in [6.45, 7) is 0. The van der Waals surface area contributed by atoms with Crippen LogP contribution in [-0.2, 0) is 9.59 Å². The molecule has 0 fully saturated rings. The van der Waals surface area contributed by atoms with Crippen molar-refractivity contribution in [3.05, 3.63) is 117 Å². The van der Waals surface area contributed by atoms with Crippen LogP contribution in [0.4, 0.5) is 11.4 Å². The molecule has 0 spiro atoms. The molecule has 8 nitrogen and oxygen atoms in total. The van der Waals surface area contributed by atoms with Crippen LogP contribution >= 0.6 is 34.7 Å². The lowest BCUT2D eigenvalue weighted by Crippen LogP contribution is -2.30. The zero-order valence-electron chi connectivity index (χ0n) is 20.7. The number of nitrogens with one attached hydrogen (secondary N) is 3. The third-order valence-corrected chi connectivity index (χ3v) is 7.44. The third-order valence-electron chi connectivity index (χ3n) is 5.30. The molecule has 0 aliphatic rings. The van der Waals surface area contributed by atoms with Gasteiger partial charge in [0.2, 0.25) is 5.91 Å². The molecular weight excluding hydrogens is 570 g/mol. The zero-order chi connectivity index (χ0) is 28.5. The number of rotatable bonds is 10.